The van der Waals surface area contributed by atoms with Crippen LogP contribution in [0.1, 0.15) is 22.3 Å². The molecule has 1 saturated heterocycles. The zero-order valence-corrected chi connectivity index (χ0v) is 15.7. The van der Waals surface area contributed by atoms with E-state index in [1.165, 1.54) is 7.11 Å². The predicted octanol–water partition coefficient (Wildman–Crippen LogP) is 3.43. The first-order chi connectivity index (χ1) is 12.9. The van der Waals surface area contributed by atoms with Crippen molar-refractivity contribution in [2.75, 3.05) is 23.9 Å². The highest BCUT2D eigenvalue weighted by Crippen LogP contribution is 2.32. The number of carbonyl (C=O) groups excluding carboxylic acids is 3. The average Bonchev–Trinajstić information content (AvgIpc) is 3.05. The Hall–Kier alpha value is -2.86. The fourth-order valence-electron chi connectivity index (χ4n) is 3.12. The van der Waals surface area contributed by atoms with E-state index in [4.69, 9.17) is 16.3 Å². The van der Waals surface area contributed by atoms with E-state index in [-0.39, 0.29) is 30.3 Å². The second-order valence-electron chi connectivity index (χ2n) is 6.32. The van der Waals surface area contributed by atoms with Gasteiger partial charge in [-0.3, -0.25) is 9.59 Å². The van der Waals surface area contributed by atoms with E-state index in [9.17, 15) is 14.4 Å². The number of anilines is 2. The first-order valence-electron chi connectivity index (χ1n) is 8.46. The zero-order chi connectivity index (χ0) is 19.6. The van der Waals surface area contributed by atoms with Crippen molar-refractivity contribution in [3.05, 3.63) is 58.6 Å². The predicted molar refractivity (Wildman–Crippen MR) is 103 cm³/mol. The maximum atomic E-state index is 12.7. The van der Waals surface area contributed by atoms with Gasteiger partial charge in [0.25, 0.3) is 0 Å². The fraction of sp³-hybridized carbons (Fsp3) is 0.250. The van der Waals surface area contributed by atoms with Gasteiger partial charge in [-0.15, -0.1) is 0 Å². The zero-order valence-electron chi connectivity index (χ0n) is 15.0. The normalized spacial score (nSPS) is 16.3. The maximum Gasteiger partial charge on any atom is 0.339 e. The number of benzene rings is 2. The van der Waals surface area contributed by atoms with E-state index in [2.05, 4.69) is 5.32 Å². The molecule has 1 heterocycles. The number of amides is 2. The highest BCUT2D eigenvalue weighted by Gasteiger charge is 2.36. The third-order valence-electron chi connectivity index (χ3n) is 4.62. The van der Waals surface area contributed by atoms with Crippen LogP contribution in [0.2, 0.25) is 5.02 Å². The summed E-state index contributed by atoms with van der Waals surface area (Å²) in [6.07, 6.45) is 0.0954. The quantitative estimate of drug-likeness (QED) is 0.817. The van der Waals surface area contributed by atoms with Gasteiger partial charge in [-0.2, -0.15) is 0 Å². The van der Waals surface area contributed by atoms with E-state index >= 15 is 0 Å². The molecule has 6 nitrogen and oxygen atoms in total. The standard InChI is InChI=1S/C20H19ClN2O4/c1-12-15(21)7-5-9-17(12)23-11-13(10-18(23)24)19(25)22-16-8-4-3-6-14(16)20(26)27-2/h3-9,13H,10-11H2,1-2H3,(H,22,25)/t13-/m1/s1. The lowest BCUT2D eigenvalue weighted by Crippen LogP contribution is -2.29. The van der Waals surface area contributed by atoms with Gasteiger partial charge in [0.15, 0.2) is 0 Å². The molecule has 1 aliphatic rings. The van der Waals surface area contributed by atoms with E-state index in [1.54, 1.807) is 41.3 Å². The molecular weight excluding hydrogens is 368 g/mol. The van der Waals surface area contributed by atoms with Crippen molar-refractivity contribution in [3.8, 4) is 0 Å². The average molecular weight is 387 g/mol. The lowest BCUT2D eigenvalue weighted by molar-refractivity contribution is -0.122. The van der Waals surface area contributed by atoms with Gasteiger partial charge in [0, 0.05) is 23.7 Å². The van der Waals surface area contributed by atoms with Crippen LogP contribution < -0.4 is 10.2 Å². The number of ether oxygens (including phenoxy) is 1. The van der Waals surface area contributed by atoms with Gasteiger partial charge < -0.3 is 15.0 Å². The van der Waals surface area contributed by atoms with Crippen molar-refractivity contribution in [1.82, 2.24) is 0 Å². The Kier molecular flexibility index (Phi) is 5.46. The summed E-state index contributed by atoms with van der Waals surface area (Å²) in [4.78, 5) is 38.6. The first kappa shape index (κ1) is 18.9. The highest BCUT2D eigenvalue weighted by molar-refractivity contribution is 6.31. The van der Waals surface area contributed by atoms with Crippen molar-refractivity contribution in [3.63, 3.8) is 0 Å². The summed E-state index contributed by atoms with van der Waals surface area (Å²) in [6.45, 7) is 2.09. The fourth-order valence-corrected chi connectivity index (χ4v) is 3.29. The number of hydrogen-bond acceptors (Lipinski definition) is 4. The third kappa shape index (κ3) is 3.80. The lowest BCUT2D eigenvalue weighted by Gasteiger charge is -2.19. The van der Waals surface area contributed by atoms with Crippen molar-refractivity contribution < 1.29 is 19.1 Å². The van der Waals surface area contributed by atoms with Gasteiger partial charge >= 0.3 is 5.97 Å². The van der Waals surface area contributed by atoms with Crippen molar-refractivity contribution >= 4 is 40.8 Å². The van der Waals surface area contributed by atoms with Crippen molar-refractivity contribution in [2.24, 2.45) is 5.92 Å². The summed E-state index contributed by atoms with van der Waals surface area (Å²) < 4.78 is 4.74. The minimum absolute atomic E-state index is 0.0954. The van der Waals surface area contributed by atoms with Crippen LogP contribution in [-0.2, 0) is 14.3 Å². The molecule has 1 atom stereocenters. The van der Waals surface area contributed by atoms with Crippen LogP contribution in [0, 0.1) is 12.8 Å². The number of esters is 1. The Morgan fingerprint density at radius 2 is 1.93 bits per heavy atom. The topological polar surface area (TPSA) is 75.7 Å². The number of carbonyl (C=O) groups is 3. The molecule has 1 fully saturated rings. The molecule has 0 radical (unpaired) electrons. The third-order valence-corrected chi connectivity index (χ3v) is 5.03. The van der Waals surface area contributed by atoms with E-state index < -0.39 is 11.9 Å². The molecule has 140 valence electrons. The van der Waals surface area contributed by atoms with Crippen LogP contribution in [0.25, 0.3) is 0 Å². The van der Waals surface area contributed by atoms with Gasteiger partial charge in [0.2, 0.25) is 11.8 Å². The number of halogens is 1. The summed E-state index contributed by atoms with van der Waals surface area (Å²) in [5, 5.41) is 3.31. The minimum atomic E-state index is -0.537. The van der Waals surface area contributed by atoms with E-state index in [0.717, 1.165) is 5.56 Å². The van der Waals surface area contributed by atoms with Crippen LogP contribution in [0.4, 0.5) is 11.4 Å². The van der Waals surface area contributed by atoms with Crippen LogP contribution >= 0.6 is 11.6 Å². The smallest absolute Gasteiger partial charge is 0.339 e. The Morgan fingerprint density at radius 1 is 1.19 bits per heavy atom. The SMILES string of the molecule is COC(=O)c1ccccc1NC(=O)[C@@H]1CC(=O)N(c2cccc(Cl)c2C)C1. The first-order valence-corrected chi connectivity index (χ1v) is 8.84. The van der Waals surface area contributed by atoms with E-state index in [1.807, 2.05) is 13.0 Å². The highest BCUT2D eigenvalue weighted by atomic mass is 35.5. The molecule has 0 spiro atoms. The molecule has 1 aliphatic heterocycles. The Bertz CT molecular complexity index is 913. The summed E-state index contributed by atoms with van der Waals surface area (Å²) in [6, 6.07) is 11.9. The Balaban J connectivity index is 1.77. The number of methoxy groups -OCH3 is 1. The van der Waals surface area contributed by atoms with Crippen LogP contribution in [-0.4, -0.2) is 31.4 Å². The molecule has 2 aromatic carbocycles. The van der Waals surface area contributed by atoms with Crippen LogP contribution in [0.3, 0.4) is 0 Å². The Labute approximate surface area is 162 Å². The second-order valence-corrected chi connectivity index (χ2v) is 6.72. The van der Waals surface area contributed by atoms with Crippen molar-refractivity contribution in [1.29, 1.82) is 0 Å². The monoisotopic (exact) mass is 386 g/mol. The van der Waals surface area contributed by atoms with Gasteiger partial charge in [-0.05, 0) is 36.8 Å². The number of para-hydroxylation sites is 1. The molecule has 7 heteroatoms. The second kappa shape index (κ2) is 7.80. The molecule has 2 aromatic rings. The molecule has 27 heavy (non-hydrogen) atoms. The molecule has 3 rings (SSSR count). The molecule has 0 unspecified atom stereocenters. The molecule has 0 bridgehead atoms. The summed E-state index contributed by atoms with van der Waals surface area (Å²) >= 11 is 6.15. The molecule has 0 aromatic heterocycles. The van der Waals surface area contributed by atoms with E-state index in [0.29, 0.717) is 16.4 Å². The van der Waals surface area contributed by atoms with Gasteiger partial charge in [-0.1, -0.05) is 29.8 Å². The van der Waals surface area contributed by atoms with Crippen molar-refractivity contribution in [2.45, 2.75) is 13.3 Å². The molecule has 0 aliphatic carbocycles. The number of hydrogen-bond donors (Lipinski definition) is 1. The molecule has 0 saturated carbocycles. The summed E-state index contributed by atoms with van der Waals surface area (Å²) in [7, 11) is 1.28. The Morgan fingerprint density at radius 3 is 2.67 bits per heavy atom. The number of nitrogens with one attached hydrogen (secondary N) is 1. The molecule has 1 N–H and O–H groups in total. The van der Waals surface area contributed by atoms with Crippen LogP contribution in [0.5, 0.6) is 0 Å². The molecule has 2 amide bonds. The minimum Gasteiger partial charge on any atom is -0.465 e. The number of nitrogens with zero attached hydrogens (tertiary/aromatic N) is 1. The largest absolute Gasteiger partial charge is 0.465 e. The summed E-state index contributed by atoms with van der Waals surface area (Å²) in [5.41, 5.74) is 2.13. The van der Waals surface area contributed by atoms with Gasteiger partial charge in [-0.25, -0.2) is 4.79 Å². The number of rotatable bonds is 4. The van der Waals surface area contributed by atoms with Crippen LogP contribution in [0.15, 0.2) is 42.5 Å². The maximum absolute atomic E-state index is 12.7. The summed E-state index contributed by atoms with van der Waals surface area (Å²) in [5.74, 6) is -1.52. The lowest BCUT2D eigenvalue weighted by atomic mass is 10.1. The van der Waals surface area contributed by atoms with Gasteiger partial charge in [0.1, 0.15) is 0 Å². The van der Waals surface area contributed by atoms with Gasteiger partial charge in [0.05, 0.1) is 24.3 Å². The molecular formula is C20H19ClN2O4.